The van der Waals surface area contributed by atoms with Gasteiger partial charge >= 0.3 is 0 Å². The molecule has 0 aliphatic heterocycles. The second-order valence-electron chi connectivity index (χ2n) is 4.66. The van der Waals surface area contributed by atoms with Crippen molar-refractivity contribution in [3.05, 3.63) is 76.5 Å². The molecule has 4 nitrogen and oxygen atoms in total. The summed E-state index contributed by atoms with van der Waals surface area (Å²) in [7, 11) is 0. The molecule has 0 saturated carbocycles. The second-order valence-corrected chi connectivity index (χ2v) is 5.51. The van der Waals surface area contributed by atoms with Crippen LogP contribution in [0.25, 0.3) is 5.69 Å². The van der Waals surface area contributed by atoms with Gasteiger partial charge in [0.2, 0.25) is 0 Å². The summed E-state index contributed by atoms with van der Waals surface area (Å²) in [5, 5.41) is 12.1. The molecule has 0 unspecified atom stereocenters. The second kappa shape index (κ2) is 6.65. The summed E-state index contributed by atoms with van der Waals surface area (Å²) < 4.78 is 1.12. The molecule has 0 aliphatic rings. The molecule has 1 heterocycles. The summed E-state index contributed by atoms with van der Waals surface area (Å²) in [6.45, 7) is 1.48. The highest BCUT2D eigenvalue weighted by Gasteiger charge is 2.03. The molecule has 3 aromatic rings. The highest BCUT2D eigenvalue weighted by atomic mass is 79.9. The van der Waals surface area contributed by atoms with Crippen LogP contribution in [-0.4, -0.2) is 15.0 Å². The minimum Gasteiger partial charge on any atom is -0.307 e. The average Bonchev–Trinajstić information content (AvgIpc) is 2.99. The molecule has 0 bridgehead atoms. The summed E-state index contributed by atoms with van der Waals surface area (Å²) in [5.41, 5.74) is 3.12. The van der Waals surface area contributed by atoms with Gasteiger partial charge in [0.15, 0.2) is 0 Å². The lowest BCUT2D eigenvalue weighted by Crippen LogP contribution is -2.13. The Kier molecular flexibility index (Phi) is 4.43. The normalized spacial score (nSPS) is 10.7. The topological polar surface area (TPSA) is 42.7 Å². The Morgan fingerprint density at radius 3 is 2.52 bits per heavy atom. The van der Waals surface area contributed by atoms with Gasteiger partial charge in [-0.1, -0.05) is 52.3 Å². The fourth-order valence-electron chi connectivity index (χ4n) is 2.03. The highest BCUT2D eigenvalue weighted by Crippen LogP contribution is 2.15. The van der Waals surface area contributed by atoms with Crippen LogP contribution in [-0.2, 0) is 13.1 Å². The Morgan fingerprint density at radius 1 is 0.952 bits per heavy atom. The van der Waals surface area contributed by atoms with E-state index >= 15 is 0 Å². The maximum Gasteiger partial charge on any atom is 0.0969 e. The first-order chi connectivity index (χ1) is 10.3. The Labute approximate surface area is 131 Å². The van der Waals surface area contributed by atoms with Gasteiger partial charge in [-0.3, -0.25) is 0 Å². The number of hydrogen-bond donors (Lipinski definition) is 1. The molecule has 0 amide bonds. The summed E-state index contributed by atoms with van der Waals surface area (Å²) in [6, 6.07) is 18.1. The summed E-state index contributed by atoms with van der Waals surface area (Å²) >= 11 is 3.55. The van der Waals surface area contributed by atoms with Gasteiger partial charge in [0.05, 0.1) is 17.6 Å². The fourth-order valence-corrected chi connectivity index (χ4v) is 2.45. The van der Waals surface area contributed by atoms with Crippen molar-refractivity contribution in [3.63, 3.8) is 0 Å². The number of benzene rings is 2. The Bertz CT molecular complexity index is 709. The minimum atomic E-state index is 0.689. The predicted molar refractivity (Wildman–Crippen MR) is 86.0 cm³/mol. The van der Waals surface area contributed by atoms with E-state index in [2.05, 4.69) is 37.5 Å². The van der Waals surface area contributed by atoms with E-state index in [0.29, 0.717) is 6.54 Å². The Hall–Kier alpha value is -1.98. The monoisotopic (exact) mass is 342 g/mol. The summed E-state index contributed by atoms with van der Waals surface area (Å²) in [6.07, 6.45) is 1.79. The van der Waals surface area contributed by atoms with Gasteiger partial charge in [-0.15, -0.1) is 0 Å². The molecule has 21 heavy (non-hydrogen) atoms. The SMILES string of the molecule is Brc1ccccc1CNCc1cnn(-c2ccccc2)n1. The zero-order chi connectivity index (χ0) is 14.5. The first kappa shape index (κ1) is 14.0. The van der Waals surface area contributed by atoms with E-state index in [1.807, 2.05) is 48.5 Å². The first-order valence-electron chi connectivity index (χ1n) is 6.74. The lowest BCUT2D eigenvalue weighted by atomic mass is 10.2. The number of nitrogens with one attached hydrogen (secondary N) is 1. The van der Waals surface area contributed by atoms with Gasteiger partial charge in [0.1, 0.15) is 0 Å². The molecular weight excluding hydrogens is 328 g/mol. The van der Waals surface area contributed by atoms with Gasteiger partial charge in [0, 0.05) is 17.6 Å². The minimum absolute atomic E-state index is 0.689. The predicted octanol–water partition coefficient (Wildman–Crippen LogP) is 3.32. The third kappa shape index (κ3) is 3.56. The third-order valence-electron chi connectivity index (χ3n) is 3.11. The van der Waals surface area contributed by atoms with Crippen LogP contribution in [0.5, 0.6) is 0 Å². The molecule has 1 aromatic heterocycles. The molecule has 0 saturated heterocycles. The molecule has 106 valence electrons. The first-order valence-corrected chi connectivity index (χ1v) is 7.53. The average molecular weight is 343 g/mol. The van der Waals surface area contributed by atoms with Crippen molar-refractivity contribution < 1.29 is 0 Å². The molecule has 0 fully saturated rings. The summed E-state index contributed by atoms with van der Waals surface area (Å²) in [4.78, 5) is 1.65. The van der Waals surface area contributed by atoms with Gasteiger partial charge in [0.25, 0.3) is 0 Å². The Morgan fingerprint density at radius 2 is 1.71 bits per heavy atom. The van der Waals surface area contributed by atoms with Crippen LogP contribution in [0.15, 0.2) is 65.3 Å². The van der Waals surface area contributed by atoms with Crippen molar-refractivity contribution >= 4 is 15.9 Å². The number of para-hydroxylation sites is 1. The van der Waals surface area contributed by atoms with Crippen molar-refractivity contribution in [2.75, 3.05) is 0 Å². The molecule has 2 aromatic carbocycles. The van der Waals surface area contributed by atoms with Gasteiger partial charge in [-0.2, -0.15) is 15.0 Å². The van der Waals surface area contributed by atoms with Crippen molar-refractivity contribution in [1.29, 1.82) is 0 Å². The van der Waals surface area contributed by atoms with Gasteiger partial charge < -0.3 is 5.32 Å². The maximum absolute atomic E-state index is 4.47. The van der Waals surface area contributed by atoms with Crippen LogP contribution in [0.4, 0.5) is 0 Å². The standard InChI is InChI=1S/C16H15BrN4/c17-16-9-5-4-6-13(16)10-18-11-14-12-19-21(20-14)15-7-2-1-3-8-15/h1-9,12,18H,10-11H2. The zero-order valence-electron chi connectivity index (χ0n) is 11.4. The van der Waals surface area contributed by atoms with Crippen molar-refractivity contribution in [1.82, 2.24) is 20.3 Å². The summed E-state index contributed by atoms with van der Waals surface area (Å²) in [5.74, 6) is 0. The van der Waals surface area contributed by atoms with Crippen LogP contribution in [0.1, 0.15) is 11.3 Å². The van der Waals surface area contributed by atoms with Gasteiger partial charge in [-0.05, 0) is 23.8 Å². The number of nitrogens with zero attached hydrogens (tertiary/aromatic N) is 3. The largest absolute Gasteiger partial charge is 0.307 e. The van der Waals surface area contributed by atoms with E-state index in [4.69, 9.17) is 0 Å². The van der Waals surface area contributed by atoms with Crippen molar-refractivity contribution in [3.8, 4) is 5.69 Å². The molecule has 5 heteroatoms. The number of rotatable bonds is 5. The quantitative estimate of drug-likeness (QED) is 0.773. The van der Waals surface area contributed by atoms with Crippen molar-refractivity contribution in [2.24, 2.45) is 0 Å². The molecule has 3 rings (SSSR count). The highest BCUT2D eigenvalue weighted by molar-refractivity contribution is 9.10. The van der Waals surface area contributed by atoms with E-state index in [-0.39, 0.29) is 0 Å². The van der Waals surface area contributed by atoms with Crippen LogP contribution in [0.3, 0.4) is 0 Å². The van der Waals surface area contributed by atoms with Crippen LogP contribution in [0.2, 0.25) is 0 Å². The zero-order valence-corrected chi connectivity index (χ0v) is 13.0. The van der Waals surface area contributed by atoms with E-state index < -0.39 is 0 Å². The fraction of sp³-hybridized carbons (Fsp3) is 0.125. The number of halogens is 1. The number of aromatic nitrogens is 3. The molecule has 1 N–H and O–H groups in total. The van der Waals surface area contributed by atoms with Crippen LogP contribution in [0, 0.1) is 0 Å². The van der Waals surface area contributed by atoms with E-state index in [1.54, 1.807) is 11.0 Å². The lowest BCUT2D eigenvalue weighted by Gasteiger charge is -2.04. The molecule has 0 radical (unpaired) electrons. The third-order valence-corrected chi connectivity index (χ3v) is 3.88. The van der Waals surface area contributed by atoms with Crippen LogP contribution >= 0.6 is 15.9 Å². The smallest absolute Gasteiger partial charge is 0.0969 e. The van der Waals surface area contributed by atoms with Crippen LogP contribution < -0.4 is 5.32 Å². The maximum atomic E-state index is 4.47. The van der Waals surface area contributed by atoms with E-state index in [9.17, 15) is 0 Å². The van der Waals surface area contributed by atoms with Crippen molar-refractivity contribution in [2.45, 2.75) is 13.1 Å². The molecule has 0 aliphatic carbocycles. The number of hydrogen-bond acceptors (Lipinski definition) is 3. The molecule has 0 atom stereocenters. The molecule has 0 spiro atoms. The van der Waals surface area contributed by atoms with Gasteiger partial charge in [-0.25, -0.2) is 0 Å². The van der Waals surface area contributed by atoms with E-state index in [0.717, 1.165) is 22.4 Å². The molecular formula is C16H15BrN4. The van der Waals surface area contributed by atoms with E-state index in [1.165, 1.54) is 5.56 Å². The Balaban J connectivity index is 1.60. The lowest BCUT2D eigenvalue weighted by molar-refractivity contribution is 0.661.